The second kappa shape index (κ2) is 4.62. The van der Waals surface area contributed by atoms with E-state index >= 15 is 0 Å². The van der Waals surface area contributed by atoms with Crippen LogP contribution in [-0.4, -0.2) is 5.11 Å². The van der Waals surface area contributed by atoms with Gasteiger partial charge < -0.3 is 9.52 Å². The van der Waals surface area contributed by atoms with Crippen LogP contribution in [0.3, 0.4) is 0 Å². The Bertz CT molecular complexity index is 579. The van der Waals surface area contributed by atoms with E-state index < -0.39 is 6.10 Å². The predicted molar refractivity (Wildman–Crippen MR) is 72.9 cm³/mol. The second-order valence-electron chi connectivity index (χ2n) is 5.02. The minimum Gasteiger partial charge on any atom is -0.466 e. The molecule has 2 nitrogen and oxygen atoms in total. The summed E-state index contributed by atoms with van der Waals surface area (Å²) < 4.78 is 5.59. The number of aliphatic hydroxyl groups excluding tert-OH is 1. The summed E-state index contributed by atoms with van der Waals surface area (Å²) >= 11 is 0. The molecule has 1 atom stereocenters. The van der Waals surface area contributed by atoms with Gasteiger partial charge in [-0.25, -0.2) is 0 Å². The fraction of sp³-hybridized carbons (Fsp3) is 0.375. The first kappa shape index (κ1) is 12.9. The molecule has 0 fully saturated rings. The molecule has 1 aromatic carbocycles. The maximum absolute atomic E-state index is 10.6. The van der Waals surface area contributed by atoms with Gasteiger partial charge in [0.15, 0.2) is 0 Å². The Morgan fingerprint density at radius 2 is 1.67 bits per heavy atom. The standard InChI is InChI=1S/C16H20O2/c1-9-6-7-14(10(2)8-9)16(17)15-11(3)12(4)18-13(15)5/h6-8,16-17H,1-5H3. The van der Waals surface area contributed by atoms with Gasteiger partial charge in [0.2, 0.25) is 0 Å². The molecule has 0 saturated heterocycles. The molecule has 0 radical (unpaired) electrons. The van der Waals surface area contributed by atoms with Gasteiger partial charge in [-0.15, -0.1) is 0 Å². The highest BCUT2D eigenvalue weighted by molar-refractivity contribution is 5.42. The summed E-state index contributed by atoms with van der Waals surface area (Å²) in [5, 5.41) is 10.6. The van der Waals surface area contributed by atoms with Gasteiger partial charge in [0.25, 0.3) is 0 Å². The number of aliphatic hydroxyl groups is 1. The minimum atomic E-state index is -0.608. The van der Waals surface area contributed by atoms with E-state index in [4.69, 9.17) is 4.42 Å². The molecule has 0 spiro atoms. The molecule has 0 saturated carbocycles. The summed E-state index contributed by atoms with van der Waals surface area (Å²) in [5.41, 5.74) is 5.22. The molecular formula is C16H20O2. The van der Waals surface area contributed by atoms with Crippen LogP contribution < -0.4 is 0 Å². The van der Waals surface area contributed by atoms with Crippen molar-refractivity contribution in [3.63, 3.8) is 0 Å². The topological polar surface area (TPSA) is 33.4 Å². The Labute approximate surface area is 108 Å². The van der Waals surface area contributed by atoms with Gasteiger partial charge in [-0.1, -0.05) is 23.8 Å². The first-order valence-electron chi connectivity index (χ1n) is 6.23. The first-order valence-corrected chi connectivity index (χ1v) is 6.23. The van der Waals surface area contributed by atoms with E-state index in [2.05, 4.69) is 13.0 Å². The van der Waals surface area contributed by atoms with Crippen molar-refractivity contribution < 1.29 is 9.52 Å². The van der Waals surface area contributed by atoms with Gasteiger partial charge in [0.1, 0.15) is 17.6 Å². The number of rotatable bonds is 2. The zero-order chi connectivity index (χ0) is 13.4. The van der Waals surface area contributed by atoms with Gasteiger partial charge >= 0.3 is 0 Å². The highest BCUT2D eigenvalue weighted by Crippen LogP contribution is 2.32. The number of benzene rings is 1. The summed E-state index contributed by atoms with van der Waals surface area (Å²) in [6, 6.07) is 6.12. The van der Waals surface area contributed by atoms with Crippen molar-refractivity contribution in [3.8, 4) is 0 Å². The first-order chi connectivity index (χ1) is 8.41. The smallest absolute Gasteiger partial charge is 0.108 e. The number of hydrogen-bond donors (Lipinski definition) is 1. The third-order valence-corrected chi connectivity index (χ3v) is 3.61. The van der Waals surface area contributed by atoms with Crippen molar-refractivity contribution in [1.29, 1.82) is 0 Å². The molecule has 1 heterocycles. The molecule has 18 heavy (non-hydrogen) atoms. The second-order valence-corrected chi connectivity index (χ2v) is 5.02. The van der Waals surface area contributed by atoms with E-state index in [9.17, 15) is 5.11 Å². The molecule has 1 N–H and O–H groups in total. The summed E-state index contributed by atoms with van der Waals surface area (Å²) in [6.07, 6.45) is -0.608. The van der Waals surface area contributed by atoms with Crippen LogP contribution in [0.5, 0.6) is 0 Å². The largest absolute Gasteiger partial charge is 0.466 e. The van der Waals surface area contributed by atoms with Gasteiger partial charge in [-0.3, -0.25) is 0 Å². The van der Waals surface area contributed by atoms with E-state index in [-0.39, 0.29) is 0 Å². The summed E-state index contributed by atoms with van der Waals surface area (Å²) in [6.45, 7) is 9.92. The molecule has 2 rings (SSSR count). The van der Waals surface area contributed by atoms with Crippen LogP contribution in [-0.2, 0) is 0 Å². The van der Waals surface area contributed by atoms with Crippen LogP contribution in [0.4, 0.5) is 0 Å². The minimum absolute atomic E-state index is 0.608. The molecule has 0 aliphatic rings. The molecule has 0 aliphatic heterocycles. The van der Waals surface area contributed by atoms with Gasteiger partial charge in [-0.05, 0) is 51.3 Å². The fourth-order valence-electron chi connectivity index (χ4n) is 2.50. The Balaban J connectivity index is 2.51. The van der Waals surface area contributed by atoms with E-state index in [1.54, 1.807) is 0 Å². The third kappa shape index (κ3) is 2.08. The van der Waals surface area contributed by atoms with Crippen molar-refractivity contribution in [2.45, 2.75) is 40.7 Å². The lowest BCUT2D eigenvalue weighted by Crippen LogP contribution is -2.04. The normalized spacial score (nSPS) is 12.8. The monoisotopic (exact) mass is 244 g/mol. The zero-order valence-electron chi connectivity index (χ0n) is 11.7. The van der Waals surface area contributed by atoms with Gasteiger partial charge in [0, 0.05) is 5.56 Å². The highest BCUT2D eigenvalue weighted by Gasteiger charge is 2.21. The van der Waals surface area contributed by atoms with E-state index in [0.29, 0.717) is 0 Å². The quantitative estimate of drug-likeness (QED) is 0.869. The lowest BCUT2D eigenvalue weighted by Gasteiger charge is -2.15. The molecular weight excluding hydrogens is 224 g/mol. The van der Waals surface area contributed by atoms with E-state index in [0.717, 1.165) is 33.8 Å². The van der Waals surface area contributed by atoms with E-state index in [1.807, 2.05) is 39.8 Å². The molecule has 2 heteroatoms. The van der Waals surface area contributed by atoms with Crippen LogP contribution in [0, 0.1) is 34.6 Å². The Morgan fingerprint density at radius 3 is 2.17 bits per heavy atom. The third-order valence-electron chi connectivity index (χ3n) is 3.61. The number of furan rings is 1. The van der Waals surface area contributed by atoms with Gasteiger partial charge in [-0.2, -0.15) is 0 Å². The SMILES string of the molecule is Cc1ccc(C(O)c2c(C)oc(C)c2C)c(C)c1. The molecule has 2 aromatic rings. The number of aryl methyl sites for hydroxylation is 4. The van der Waals surface area contributed by atoms with Crippen molar-refractivity contribution in [2.24, 2.45) is 0 Å². The zero-order valence-corrected chi connectivity index (χ0v) is 11.7. The summed E-state index contributed by atoms with van der Waals surface area (Å²) in [4.78, 5) is 0. The number of hydrogen-bond acceptors (Lipinski definition) is 2. The maximum Gasteiger partial charge on any atom is 0.108 e. The van der Waals surface area contributed by atoms with Crippen LogP contribution in [0.1, 0.15) is 45.4 Å². The molecule has 0 aliphatic carbocycles. The van der Waals surface area contributed by atoms with Crippen LogP contribution in [0.2, 0.25) is 0 Å². The Morgan fingerprint density at radius 1 is 1.00 bits per heavy atom. The summed E-state index contributed by atoms with van der Waals surface area (Å²) in [5.74, 6) is 1.68. The Hall–Kier alpha value is -1.54. The molecule has 1 aromatic heterocycles. The van der Waals surface area contributed by atoms with Crippen molar-refractivity contribution in [3.05, 3.63) is 57.5 Å². The average Bonchev–Trinajstić information content (AvgIpc) is 2.52. The van der Waals surface area contributed by atoms with Crippen molar-refractivity contribution >= 4 is 0 Å². The fourth-order valence-corrected chi connectivity index (χ4v) is 2.50. The summed E-state index contributed by atoms with van der Waals surface area (Å²) in [7, 11) is 0. The van der Waals surface area contributed by atoms with Crippen molar-refractivity contribution in [2.75, 3.05) is 0 Å². The highest BCUT2D eigenvalue weighted by atomic mass is 16.3. The molecule has 96 valence electrons. The van der Waals surface area contributed by atoms with E-state index in [1.165, 1.54) is 5.56 Å². The van der Waals surface area contributed by atoms with Crippen LogP contribution in [0.25, 0.3) is 0 Å². The lowest BCUT2D eigenvalue weighted by molar-refractivity contribution is 0.216. The van der Waals surface area contributed by atoms with Gasteiger partial charge in [0.05, 0.1) is 0 Å². The van der Waals surface area contributed by atoms with Crippen LogP contribution >= 0.6 is 0 Å². The molecule has 0 amide bonds. The average molecular weight is 244 g/mol. The predicted octanol–water partition coefficient (Wildman–Crippen LogP) is 3.90. The Kier molecular flexibility index (Phi) is 3.31. The van der Waals surface area contributed by atoms with Crippen molar-refractivity contribution in [1.82, 2.24) is 0 Å². The molecule has 0 bridgehead atoms. The maximum atomic E-state index is 10.6. The van der Waals surface area contributed by atoms with Crippen LogP contribution in [0.15, 0.2) is 22.6 Å². The molecule has 1 unspecified atom stereocenters. The lowest BCUT2D eigenvalue weighted by atomic mass is 9.94.